The summed E-state index contributed by atoms with van der Waals surface area (Å²) in [4.78, 5) is -1.86. The van der Waals surface area contributed by atoms with Crippen molar-refractivity contribution in [3.63, 3.8) is 0 Å². The molecule has 0 aliphatic heterocycles. The van der Waals surface area contributed by atoms with E-state index in [1.807, 2.05) is 0 Å². The maximum absolute atomic E-state index is 12.3. The number of methoxy groups -OCH3 is 4. The van der Waals surface area contributed by atoms with Crippen LogP contribution in [-0.2, 0) is 20.2 Å². The fraction of sp³-hybridized carbons (Fsp3) is 0.250. The van der Waals surface area contributed by atoms with E-state index in [1.165, 1.54) is 0 Å². The Morgan fingerprint density at radius 2 is 0.967 bits per heavy atom. The van der Waals surface area contributed by atoms with Crippen LogP contribution >= 0.6 is 23.2 Å². The van der Waals surface area contributed by atoms with Gasteiger partial charge >= 0.3 is 0 Å². The molecule has 0 saturated carbocycles. The van der Waals surface area contributed by atoms with Crippen molar-refractivity contribution < 1.29 is 44.9 Å². The molecule has 14 heteroatoms. The van der Waals surface area contributed by atoms with E-state index in [1.54, 1.807) is 0 Å². The lowest BCUT2D eigenvalue weighted by atomic mass is 10.0. The van der Waals surface area contributed by atoms with Gasteiger partial charge in [0.15, 0.2) is 11.5 Å². The van der Waals surface area contributed by atoms with Crippen LogP contribution in [0.3, 0.4) is 0 Å². The normalized spacial score (nSPS) is 11.9. The molecule has 2 N–H and O–H groups in total. The Hall–Kier alpha value is -1.96. The van der Waals surface area contributed by atoms with Gasteiger partial charge in [0, 0.05) is 12.1 Å². The van der Waals surface area contributed by atoms with Crippen molar-refractivity contribution in [1.29, 1.82) is 0 Å². The van der Waals surface area contributed by atoms with Gasteiger partial charge in [-0.2, -0.15) is 16.8 Å². The molecular weight excluding hydrogens is 487 g/mol. The SMILES string of the molecule is COc1cc(Cl)c(OC)c(S(=O)(=O)O)c1-c1c(OC)cc(Cl)c(OC)c1S(=O)(=O)O. The summed E-state index contributed by atoms with van der Waals surface area (Å²) in [5.74, 6) is -1.60. The first-order chi connectivity index (χ1) is 13.8. The zero-order valence-electron chi connectivity index (χ0n) is 15.9. The Bertz CT molecular complexity index is 1110. The third-order valence-corrected chi connectivity index (χ3v) is 6.30. The molecule has 0 aliphatic rings. The van der Waals surface area contributed by atoms with Gasteiger partial charge in [-0.15, -0.1) is 0 Å². The summed E-state index contributed by atoms with van der Waals surface area (Å²) in [5, 5.41) is -0.530. The highest BCUT2D eigenvalue weighted by molar-refractivity contribution is 7.86. The molecule has 166 valence electrons. The van der Waals surface area contributed by atoms with Crippen LogP contribution in [0.1, 0.15) is 0 Å². The van der Waals surface area contributed by atoms with Crippen LogP contribution in [-0.4, -0.2) is 54.4 Å². The zero-order chi connectivity index (χ0) is 23.0. The molecule has 0 unspecified atom stereocenters. The first-order valence-corrected chi connectivity index (χ1v) is 11.3. The maximum atomic E-state index is 12.3. The predicted octanol–water partition coefficient (Wildman–Crippen LogP) is 3.19. The summed E-state index contributed by atoms with van der Waals surface area (Å²) in [6.45, 7) is 0. The molecular formula is C16H16Cl2O10S2. The van der Waals surface area contributed by atoms with Crippen LogP contribution in [0.15, 0.2) is 21.9 Å². The molecule has 0 heterocycles. The van der Waals surface area contributed by atoms with Crippen LogP contribution in [0.2, 0.25) is 10.0 Å². The molecule has 0 radical (unpaired) electrons. The third-order valence-electron chi connectivity index (χ3n) is 3.92. The highest BCUT2D eigenvalue weighted by atomic mass is 35.5. The highest BCUT2D eigenvalue weighted by Gasteiger charge is 2.36. The predicted molar refractivity (Wildman–Crippen MR) is 108 cm³/mol. The Morgan fingerprint density at radius 3 is 1.17 bits per heavy atom. The molecule has 0 spiro atoms. The first-order valence-electron chi connectivity index (χ1n) is 7.67. The molecule has 0 aliphatic carbocycles. The molecule has 10 nitrogen and oxygen atoms in total. The Balaban J connectivity index is 3.36. The fourth-order valence-corrected chi connectivity index (χ4v) is 5.27. The van der Waals surface area contributed by atoms with Gasteiger partial charge in [0.05, 0.1) is 49.6 Å². The second kappa shape index (κ2) is 8.65. The van der Waals surface area contributed by atoms with Crippen molar-refractivity contribution in [3.8, 4) is 34.1 Å². The second-order valence-electron chi connectivity index (χ2n) is 5.55. The van der Waals surface area contributed by atoms with E-state index >= 15 is 0 Å². The smallest absolute Gasteiger partial charge is 0.299 e. The average molecular weight is 503 g/mol. The number of halogens is 2. The molecule has 0 saturated heterocycles. The molecule has 0 aromatic heterocycles. The molecule has 0 fully saturated rings. The summed E-state index contributed by atoms with van der Waals surface area (Å²) >= 11 is 12.1. The van der Waals surface area contributed by atoms with Gasteiger partial charge in [-0.25, -0.2) is 0 Å². The van der Waals surface area contributed by atoms with E-state index in [0.717, 1.165) is 40.6 Å². The van der Waals surface area contributed by atoms with Gasteiger partial charge < -0.3 is 18.9 Å². The second-order valence-corrected chi connectivity index (χ2v) is 9.08. The lowest BCUT2D eigenvalue weighted by Gasteiger charge is -2.22. The minimum atomic E-state index is -5.09. The molecule has 2 aromatic rings. The summed E-state index contributed by atoms with van der Waals surface area (Å²) in [7, 11) is -5.74. The fourth-order valence-electron chi connectivity index (χ4n) is 2.84. The van der Waals surface area contributed by atoms with Gasteiger partial charge in [-0.1, -0.05) is 23.2 Å². The van der Waals surface area contributed by atoms with Crippen LogP contribution in [0.4, 0.5) is 0 Å². The van der Waals surface area contributed by atoms with Crippen molar-refractivity contribution in [2.24, 2.45) is 0 Å². The lowest BCUT2D eigenvalue weighted by Crippen LogP contribution is -2.11. The maximum Gasteiger partial charge on any atom is 0.299 e. The molecule has 0 amide bonds. The minimum absolute atomic E-state index is 0.265. The van der Waals surface area contributed by atoms with E-state index < -0.39 is 52.7 Å². The van der Waals surface area contributed by atoms with Crippen LogP contribution in [0, 0.1) is 0 Å². The number of ether oxygens (including phenoxy) is 4. The van der Waals surface area contributed by atoms with E-state index in [4.69, 9.17) is 42.1 Å². The highest BCUT2D eigenvalue weighted by Crippen LogP contribution is 2.53. The summed E-state index contributed by atoms with van der Waals surface area (Å²) in [6, 6.07) is 2.25. The van der Waals surface area contributed by atoms with Crippen LogP contribution < -0.4 is 18.9 Å². The van der Waals surface area contributed by atoms with E-state index in [2.05, 4.69) is 0 Å². The summed E-state index contributed by atoms with van der Waals surface area (Å²) in [5.41, 5.74) is -1.05. The van der Waals surface area contributed by atoms with Gasteiger partial charge in [0.1, 0.15) is 21.3 Å². The van der Waals surface area contributed by atoms with Gasteiger partial charge in [0.25, 0.3) is 20.2 Å². The lowest BCUT2D eigenvalue weighted by molar-refractivity contribution is 0.383. The molecule has 0 bridgehead atoms. The van der Waals surface area contributed by atoms with Gasteiger partial charge in [-0.05, 0) is 0 Å². The van der Waals surface area contributed by atoms with Crippen LogP contribution in [0.5, 0.6) is 23.0 Å². The molecule has 2 aromatic carbocycles. The van der Waals surface area contributed by atoms with Gasteiger partial charge in [0.2, 0.25) is 0 Å². The quantitative estimate of drug-likeness (QED) is 0.540. The van der Waals surface area contributed by atoms with Crippen LogP contribution in [0.25, 0.3) is 11.1 Å². The van der Waals surface area contributed by atoms with Gasteiger partial charge in [-0.3, -0.25) is 9.11 Å². The number of hydrogen-bond donors (Lipinski definition) is 2. The van der Waals surface area contributed by atoms with E-state index in [-0.39, 0.29) is 21.5 Å². The van der Waals surface area contributed by atoms with Crippen molar-refractivity contribution in [1.82, 2.24) is 0 Å². The molecule has 0 atom stereocenters. The molecule has 2 rings (SSSR count). The first kappa shape index (κ1) is 24.3. The summed E-state index contributed by atoms with van der Waals surface area (Å²) < 4.78 is 89.2. The number of rotatable bonds is 7. The topological polar surface area (TPSA) is 146 Å². The zero-order valence-corrected chi connectivity index (χ0v) is 19.0. The van der Waals surface area contributed by atoms with Crippen molar-refractivity contribution in [2.75, 3.05) is 28.4 Å². The standard InChI is InChI=1S/C16H16Cl2O10S2/c1-25-9-5-7(17)13(27-3)15(29(19,20)21)11(9)12-10(26-2)6-8(18)14(28-4)16(12)30(22,23)24/h5-6H,1-4H3,(H,19,20,21)(H,22,23,24). The average Bonchev–Trinajstić information content (AvgIpc) is 2.64. The van der Waals surface area contributed by atoms with E-state index in [9.17, 15) is 25.9 Å². The monoisotopic (exact) mass is 502 g/mol. The van der Waals surface area contributed by atoms with E-state index in [0.29, 0.717) is 0 Å². The Kier molecular flexibility index (Phi) is 7.01. The Labute approximate surface area is 182 Å². The minimum Gasteiger partial charge on any atom is -0.496 e. The van der Waals surface area contributed by atoms with Crippen molar-refractivity contribution in [3.05, 3.63) is 22.2 Å². The number of hydrogen-bond acceptors (Lipinski definition) is 8. The Morgan fingerprint density at radius 1 is 0.667 bits per heavy atom. The number of benzene rings is 2. The third kappa shape index (κ3) is 4.24. The van der Waals surface area contributed by atoms with Crippen molar-refractivity contribution in [2.45, 2.75) is 9.79 Å². The van der Waals surface area contributed by atoms with Crippen molar-refractivity contribution >= 4 is 43.4 Å². The molecule has 30 heavy (non-hydrogen) atoms. The summed E-state index contributed by atoms with van der Waals surface area (Å²) in [6.07, 6.45) is 0. The largest absolute Gasteiger partial charge is 0.496 e.